The van der Waals surface area contributed by atoms with Crippen LogP contribution in [0.3, 0.4) is 0 Å². The van der Waals surface area contributed by atoms with Crippen molar-refractivity contribution >= 4 is 17.5 Å². The number of carbonyl (C=O) groups is 2. The van der Waals surface area contributed by atoms with Crippen molar-refractivity contribution < 1.29 is 9.59 Å². The van der Waals surface area contributed by atoms with Crippen LogP contribution < -0.4 is 5.32 Å². The first kappa shape index (κ1) is 18.3. The highest BCUT2D eigenvalue weighted by atomic mass is 16.2. The van der Waals surface area contributed by atoms with Crippen LogP contribution in [0.15, 0.2) is 24.3 Å². The molecule has 0 saturated carbocycles. The number of anilines is 1. The average molecular weight is 331 g/mol. The summed E-state index contributed by atoms with van der Waals surface area (Å²) in [5.41, 5.74) is 1.58. The Hall–Kier alpha value is -2.04. The molecule has 1 N–H and O–H groups in total. The van der Waals surface area contributed by atoms with E-state index in [1.165, 1.54) is 12.8 Å². The van der Waals surface area contributed by atoms with Crippen molar-refractivity contribution in [1.82, 2.24) is 9.80 Å². The molecule has 2 amide bonds. The van der Waals surface area contributed by atoms with Crippen LogP contribution in [0, 0.1) is 0 Å². The van der Waals surface area contributed by atoms with Gasteiger partial charge in [0.05, 0.1) is 6.54 Å². The monoisotopic (exact) mass is 331 g/mol. The smallest absolute Gasteiger partial charge is 0.253 e. The van der Waals surface area contributed by atoms with E-state index >= 15 is 0 Å². The Morgan fingerprint density at radius 3 is 2.12 bits per heavy atom. The third-order valence-electron chi connectivity index (χ3n) is 4.59. The topological polar surface area (TPSA) is 52.7 Å². The number of carbonyl (C=O) groups excluding carboxylic acids is 2. The first-order valence-corrected chi connectivity index (χ1v) is 9.06. The number of hydrogen-bond donors (Lipinski definition) is 1. The molecular formula is C19H29N3O2. The molecule has 1 saturated heterocycles. The number of nitrogens with one attached hydrogen (secondary N) is 1. The minimum absolute atomic E-state index is 0.0877. The van der Waals surface area contributed by atoms with Crippen molar-refractivity contribution in [1.29, 1.82) is 0 Å². The second kappa shape index (κ2) is 9.30. The molecule has 5 nitrogen and oxygen atoms in total. The van der Waals surface area contributed by atoms with E-state index in [1.807, 2.05) is 43.0 Å². The van der Waals surface area contributed by atoms with Crippen LogP contribution in [0.1, 0.15) is 49.9 Å². The summed E-state index contributed by atoms with van der Waals surface area (Å²) < 4.78 is 0. The maximum absolute atomic E-state index is 12.5. The van der Waals surface area contributed by atoms with Crippen LogP contribution in [-0.2, 0) is 4.79 Å². The summed E-state index contributed by atoms with van der Waals surface area (Å²) >= 11 is 0. The Balaban J connectivity index is 1.90. The van der Waals surface area contributed by atoms with Gasteiger partial charge in [-0.25, -0.2) is 0 Å². The molecule has 1 aliphatic heterocycles. The molecule has 0 unspecified atom stereocenters. The largest absolute Gasteiger partial charge is 0.376 e. The van der Waals surface area contributed by atoms with Crippen molar-refractivity contribution in [2.24, 2.45) is 0 Å². The Labute approximate surface area is 145 Å². The molecule has 1 aliphatic rings. The summed E-state index contributed by atoms with van der Waals surface area (Å²) in [5.74, 6) is 0.201. The van der Waals surface area contributed by atoms with Gasteiger partial charge < -0.3 is 15.1 Å². The maximum Gasteiger partial charge on any atom is 0.253 e. The number of nitrogens with zero attached hydrogens (tertiary/aromatic N) is 2. The summed E-state index contributed by atoms with van der Waals surface area (Å²) in [4.78, 5) is 28.3. The Kier molecular flexibility index (Phi) is 7.09. The molecule has 0 bridgehead atoms. The Morgan fingerprint density at radius 1 is 1.00 bits per heavy atom. The van der Waals surface area contributed by atoms with Crippen molar-refractivity contribution in [3.05, 3.63) is 29.8 Å². The van der Waals surface area contributed by atoms with E-state index in [9.17, 15) is 9.59 Å². The summed E-state index contributed by atoms with van der Waals surface area (Å²) in [6.45, 7) is 7.39. The van der Waals surface area contributed by atoms with Gasteiger partial charge in [-0.15, -0.1) is 0 Å². The van der Waals surface area contributed by atoms with Crippen LogP contribution in [0.2, 0.25) is 0 Å². The fraction of sp³-hybridized carbons (Fsp3) is 0.579. The molecule has 0 spiro atoms. The molecule has 0 aliphatic carbocycles. The maximum atomic E-state index is 12.5. The second-order valence-corrected chi connectivity index (χ2v) is 6.20. The van der Waals surface area contributed by atoms with E-state index in [0.29, 0.717) is 0 Å². The molecule has 0 radical (unpaired) electrons. The van der Waals surface area contributed by atoms with Gasteiger partial charge in [-0.05, 0) is 51.0 Å². The molecule has 0 aromatic heterocycles. The number of rotatable bonds is 6. The number of benzene rings is 1. The van der Waals surface area contributed by atoms with Gasteiger partial charge in [-0.3, -0.25) is 9.59 Å². The molecule has 0 atom stereocenters. The summed E-state index contributed by atoms with van der Waals surface area (Å²) in [7, 11) is 0. The van der Waals surface area contributed by atoms with Crippen LogP contribution in [0.25, 0.3) is 0 Å². The van der Waals surface area contributed by atoms with E-state index in [2.05, 4.69) is 5.32 Å². The van der Waals surface area contributed by atoms with Crippen molar-refractivity contribution in [3.8, 4) is 0 Å². The summed E-state index contributed by atoms with van der Waals surface area (Å²) in [6.07, 6.45) is 4.62. The minimum atomic E-state index is 0.0877. The zero-order valence-electron chi connectivity index (χ0n) is 14.9. The predicted octanol–water partition coefficient (Wildman–Crippen LogP) is 2.98. The number of hydrogen-bond acceptors (Lipinski definition) is 3. The third-order valence-corrected chi connectivity index (χ3v) is 4.59. The number of amides is 2. The van der Waals surface area contributed by atoms with Crippen LogP contribution in [0.5, 0.6) is 0 Å². The van der Waals surface area contributed by atoms with E-state index in [1.54, 1.807) is 4.90 Å². The zero-order chi connectivity index (χ0) is 17.4. The fourth-order valence-electron chi connectivity index (χ4n) is 3.05. The van der Waals surface area contributed by atoms with Gasteiger partial charge in [-0.1, -0.05) is 12.8 Å². The Bertz CT molecular complexity index is 530. The number of likely N-dealkylation sites (N-methyl/N-ethyl adjacent to an activating group) is 1. The van der Waals surface area contributed by atoms with Crippen LogP contribution >= 0.6 is 0 Å². The lowest BCUT2D eigenvalue weighted by Crippen LogP contribution is -2.35. The third kappa shape index (κ3) is 4.98. The quantitative estimate of drug-likeness (QED) is 0.872. The van der Waals surface area contributed by atoms with Gasteiger partial charge in [-0.2, -0.15) is 0 Å². The van der Waals surface area contributed by atoms with Gasteiger partial charge in [0, 0.05) is 37.4 Å². The fourth-order valence-corrected chi connectivity index (χ4v) is 3.05. The van der Waals surface area contributed by atoms with E-state index in [-0.39, 0.29) is 18.4 Å². The number of likely N-dealkylation sites (tertiary alicyclic amines) is 1. The van der Waals surface area contributed by atoms with Gasteiger partial charge in [0.25, 0.3) is 5.91 Å². The molecule has 2 rings (SSSR count). The van der Waals surface area contributed by atoms with Crippen LogP contribution in [0.4, 0.5) is 5.69 Å². The molecule has 1 fully saturated rings. The highest BCUT2D eigenvalue weighted by Crippen LogP contribution is 2.15. The van der Waals surface area contributed by atoms with Gasteiger partial charge in [0.2, 0.25) is 5.91 Å². The lowest BCUT2D eigenvalue weighted by Gasteiger charge is -2.21. The first-order valence-electron chi connectivity index (χ1n) is 9.06. The van der Waals surface area contributed by atoms with Crippen molar-refractivity contribution in [3.63, 3.8) is 0 Å². The normalized spacial score (nSPS) is 14.8. The van der Waals surface area contributed by atoms with E-state index in [4.69, 9.17) is 0 Å². The molecule has 1 aromatic carbocycles. The SMILES string of the molecule is CCN(CC)C(=O)CNc1ccc(C(=O)N2CCCCCC2)cc1. The van der Waals surface area contributed by atoms with Crippen LogP contribution in [-0.4, -0.2) is 54.3 Å². The molecule has 1 heterocycles. The summed E-state index contributed by atoms with van der Waals surface area (Å²) in [5, 5.41) is 3.13. The molecule has 132 valence electrons. The standard InChI is InChI=1S/C19H29N3O2/c1-3-21(4-2)18(23)15-20-17-11-9-16(10-12-17)19(24)22-13-7-5-6-8-14-22/h9-12,20H,3-8,13-15H2,1-2H3. The average Bonchev–Trinajstić information content (AvgIpc) is 2.90. The minimum Gasteiger partial charge on any atom is -0.376 e. The molecule has 24 heavy (non-hydrogen) atoms. The van der Waals surface area contributed by atoms with Crippen molar-refractivity contribution in [2.45, 2.75) is 39.5 Å². The second-order valence-electron chi connectivity index (χ2n) is 6.20. The zero-order valence-corrected chi connectivity index (χ0v) is 14.9. The Morgan fingerprint density at radius 2 is 1.58 bits per heavy atom. The van der Waals surface area contributed by atoms with Crippen molar-refractivity contribution in [2.75, 3.05) is 38.0 Å². The van der Waals surface area contributed by atoms with E-state index in [0.717, 1.165) is 50.3 Å². The molecule has 5 heteroatoms. The van der Waals surface area contributed by atoms with E-state index < -0.39 is 0 Å². The first-order chi connectivity index (χ1) is 11.7. The van der Waals surface area contributed by atoms with Gasteiger partial charge in [0.1, 0.15) is 0 Å². The van der Waals surface area contributed by atoms with Gasteiger partial charge in [0.15, 0.2) is 0 Å². The predicted molar refractivity (Wildman–Crippen MR) is 97.2 cm³/mol. The highest BCUT2D eigenvalue weighted by molar-refractivity contribution is 5.94. The lowest BCUT2D eigenvalue weighted by atomic mass is 10.1. The lowest BCUT2D eigenvalue weighted by molar-refractivity contribution is -0.128. The molecular weight excluding hydrogens is 302 g/mol. The highest BCUT2D eigenvalue weighted by Gasteiger charge is 2.17. The summed E-state index contributed by atoms with van der Waals surface area (Å²) in [6, 6.07) is 7.44. The van der Waals surface area contributed by atoms with Gasteiger partial charge >= 0.3 is 0 Å². The molecule has 1 aromatic rings.